The average Bonchev–Trinajstić information content (AvgIpc) is 2.99. The zero-order valence-electron chi connectivity index (χ0n) is 14.1. The number of benzene rings is 1. The monoisotopic (exact) mass is 426 g/mol. The Morgan fingerprint density at radius 1 is 1.07 bits per heavy atom. The van der Waals surface area contributed by atoms with Gasteiger partial charge in [0.2, 0.25) is 0 Å². The van der Waals surface area contributed by atoms with E-state index >= 15 is 0 Å². The van der Waals surface area contributed by atoms with Gasteiger partial charge in [-0.3, -0.25) is 14.9 Å². The normalized spacial score (nSPS) is 12.0. The molecule has 28 heavy (non-hydrogen) atoms. The maximum Gasteiger partial charge on any atom is 0.416 e. The van der Waals surface area contributed by atoms with Gasteiger partial charge in [0.15, 0.2) is 5.13 Å². The van der Waals surface area contributed by atoms with Crippen LogP contribution in [0.2, 0.25) is 0 Å². The van der Waals surface area contributed by atoms with Crippen LogP contribution in [0, 0.1) is 0 Å². The number of hydrogen-bond donors (Lipinski definition) is 1. The highest BCUT2D eigenvalue weighted by atomic mass is 32.1. The first kappa shape index (κ1) is 21.7. The summed E-state index contributed by atoms with van der Waals surface area (Å²) in [5.74, 6) is -1.77. The van der Waals surface area contributed by atoms with Gasteiger partial charge in [-0.05, 0) is 25.1 Å². The van der Waals surface area contributed by atoms with Gasteiger partial charge in [0, 0.05) is 10.9 Å². The number of carbonyl (C=O) groups is 2. The third-order valence-corrected chi connectivity index (χ3v) is 4.06. The van der Waals surface area contributed by atoms with Crippen LogP contribution < -0.4 is 5.32 Å². The van der Waals surface area contributed by atoms with Crippen LogP contribution in [0.3, 0.4) is 0 Å². The molecule has 1 heterocycles. The highest BCUT2D eigenvalue weighted by Crippen LogP contribution is 2.36. The lowest BCUT2D eigenvalue weighted by molar-refractivity contribution is -0.144. The number of thiazole rings is 1. The van der Waals surface area contributed by atoms with Gasteiger partial charge in [-0.1, -0.05) is 0 Å². The van der Waals surface area contributed by atoms with Crippen LogP contribution in [0.4, 0.5) is 31.5 Å². The lowest BCUT2D eigenvalue weighted by Crippen LogP contribution is -2.17. The summed E-state index contributed by atoms with van der Waals surface area (Å²) in [6.07, 6.45) is -10.3. The molecule has 0 unspecified atom stereocenters. The van der Waals surface area contributed by atoms with Crippen molar-refractivity contribution >= 4 is 28.3 Å². The average molecular weight is 426 g/mol. The molecule has 0 saturated carbocycles. The van der Waals surface area contributed by atoms with Crippen molar-refractivity contribution in [2.45, 2.75) is 25.7 Å². The number of alkyl halides is 6. The molecule has 5 nitrogen and oxygen atoms in total. The van der Waals surface area contributed by atoms with Gasteiger partial charge >= 0.3 is 18.3 Å². The van der Waals surface area contributed by atoms with Gasteiger partial charge in [0.05, 0.1) is 29.8 Å². The Balaban J connectivity index is 2.24. The first-order chi connectivity index (χ1) is 12.9. The Labute approximate surface area is 158 Å². The number of halogens is 6. The molecule has 0 aliphatic carbocycles. The minimum absolute atomic E-state index is 0.0718. The van der Waals surface area contributed by atoms with Gasteiger partial charge in [-0.2, -0.15) is 26.3 Å². The van der Waals surface area contributed by atoms with E-state index in [4.69, 9.17) is 4.74 Å². The second-order valence-corrected chi connectivity index (χ2v) is 6.23. The van der Waals surface area contributed by atoms with Crippen LogP contribution in [-0.2, 0) is 28.3 Å². The van der Waals surface area contributed by atoms with E-state index in [9.17, 15) is 35.9 Å². The molecule has 0 fully saturated rings. The van der Waals surface area contributed by atoms with Crippen molar-refractivity contribution in [3.63, 3.8) is 0 Å². The molecule has 1 aromatic heterocycles. The summed E-state index contributed by atoms with van der Waals surface area (Å²) in [4.78, 5) is 27.4. The lowest BCUT2D eigenvalue weighted by Gasteiger charge is -2.13. The molecule has 0 aliphatic heterocycles. The third-order valence-electron chi connectivity index (χ3n) is 3.25. The molecular weight excluding hydrogens is 414 g/mol. The van der Waals surface area contributed by atoms with E-state index in [1.54, 1.807) is 6.92 Å². The van der Waals surface area contributed by atoms with Gasteiger partial charge in [0.25, 0.3) is 5.91 Å². The van der Waals surface area contributed by atoms with Gasteiger partial charge in [0.1, 0.15) is 0 Å². The number of esters is 1. The van der Waals surface area contributed by atoms with Crippen LogP contribution >= 0.6 is 11.3 Å². The number of nitrogens with zero attached hydrogens (tertiary/aromatic N) is 1. The summed E-state index contributed by atoms with van der Waals surface area (Å²) in [7, 11) is 0. The van der Waals surface area contributed by atoms with Crippen LogP contribution in [0.1, 0.15) is 34.1 Å². The summed E-state index contributed by atoms with van der Waals surface area (Å²) < 4.78 is 81.9. The smallest absolute Gasteiger partial charge is 0.416 e. The van der Waals surface area contributed by atoms with E-state index in [0.717, 1.165) is 11.3 Å². The molecule has 0 atom stereocenters. The zero-order chi connectivity index (χ0) is 21.1. The second-order valence-electron chi connectivity index (χ2n) is 5.37. The molecule has 0 radical (unpaired) electrons. The predicted octanol–water partition coefficient (Wildman–Crippen LogP) is 4.54. The fourth-order valence-corrected chi connectivity index (χ4v) is 2.77. The fourth-order valence-electron chi connectivity index (χ4n) is 2.06. The molecule has 0 bridgehead atoms. The fraction of sp³-hybridized carbons (Fsp3) is 0.312. The summed E-state index contributed by atoms with van der Waals surface area (Å²) in [6, 6.07) is 0.563. The summed E-state index contributed by atoms with van der Waals surface area (Å²) in [5.41, 5.74) is -3.80. The summed E-state index contributed by atoms with van der Waals surface area (Å²) >= 11 is 0.857. The molecule has 0 aliphatic rings. The first-order valence-electron chi connectivity index (χ1n) is 7.61. The molecule has 0 saturated heterocycles. The summed E-state index contributed by atoms with van der Waals surface area (Å²) in [6.45, 7) is 1.76. The van der Waals surface area contributed by atoms with Crippen molar-refractivity contribution < 1.29 is 40.7 Å². The Morgan fingerprint density at radius 3 is 2.14 bits per heavy atom. The zero-order valence-corrected chi connectivity index (χ0v) is 14.9. The van der Waals surface area contributed by atoms with Crippen molar-refractivity contribution in [3.05, 3.63) is 46.0 Å². The number of hydrogen-bond acceptors (Lipinski definition) is 5. The summed E-state index contributed by atoms with van der Waals surface area (Å²) in [5, 5.41) is 3.44. The number of carbonyl (C=O) groups excluding carboxylic acids is 2. The maximum atomic E-state index is 12.9. The number of amides is 1. The quantitative estimate of drug-likeness (QED) is 0.563. The molecule has 0 spiro atoms. The lowest BCUT2D eigenvalue weighted by atomic mass is 10.0. The number of aromatic nitrogens is 1. The maximum absolute atomic E-state index is 12.9. The molecule has 1 amide bonds. The highest BCUT2D eigenvalue weighted by molar-refractivity contribution is 7.14. The SMILES string of the molecule is CCOC(=O)Cc1csc(NC(=O)c2cc(C(F)(F)F)cc(C(F)(F)F)c2)n1. The van der Waals surface area contributed by atoms with Crippen LogP contribution in [0.5, 0.6) is 0 Å². The Bertz CT molecular complexity index is 844. The molecule has 2 aromatic rings. The van der Waals surface area contributed by atoms with Gasteiger partial charge in [-0.15, -0.1) is 11.3 Å². The second kappa shape index (κ2) is 8.17. The topological polar surface area (TPSA) is 68.3 Å². The van der Waals surface area contributed by atoms with E-state index in [0.29, 0.717) is 12.1 Å². The Hall–Kier alpha value is -2.63. The van der Waals surface area contributed by atoms with E-state index in [1.807, 2.05) is 0 Å². The number of nitrogens with one attached hydrogen (secondary N) is 1. The van der Waals surface area contributed by atoms with E-state index in [-0.39, 0.29) is 29.9 Å². The van der Waals surface area contributed by atoms with Crippen molar-refractivity contribution in [2.75, 3.05) is 11.9 Å². The molecule has 152 valence electrons. The van der Waals surface area contributed by atoms with E-state index < -0.39 is 40.9 Å². The molecule has 12 heteroatoms. The van der Waals surface area contributed by atoms with Crippen molar-refractivity contribution in [3.8, 4) is 0 Å². The highest BCUT2D eigenvalue weighted by Gasteiger charge is 2.37. The molecule has 1 N–H and O–H groups in total. The first-order valence-corrected chi connectivity index (χ1v) is 8.49. The number of ether oxygens (including phenoxy) is 1. The van der Waals surface area contributed by atoms with Crippen molar-refractivity contribution in [2.24, 2.45) is 0 Å². The van der Waals surface area contributed by atoms with Crippen LogP contribution in [-0.4, -0.2) is 23.5 Å². The molecular formula is C16H12F6N2O3S. The number of anilines is 1. The predicted molar refractivity (Wildman–Crippen MR) is 86.9 cm³/mol. The van der Waals surface area contributed by atoms with E-state index in [1.165, 1.54) is 5.38 Å². The molecule has 1 aromatic carbocycles. The number of rotatable bonds is 5. The van der Waals surface area contributed by atoms with Crippen molar-refractivity contribution in [1.82, 2.24) is 4.98 Å². The van der Waals surface area contributed by atoms with Gasteiger partial charge < -0.3 is 4.74 Å². The Morgan fingerprint density at radius 2 is 1.64 bits per heavy atom. The largest absolute Gasteiger partial charge is 0.466 e. The van der Waals surface area contributed by atoms with Crippen LogP contribution in [0.25, 0.3) is 0 Å². The van der Waals surface area contributed by atoms with Crippen LogP contribution in [0.15, 0.2) is 23.6 Å². The van der Waals surface area contributed by atoms with Gasteiger partial charge in [-0.25, -0.2) is 4.98 Å². The minimum Gasteiger partial charge on any atom is -0.466 e. The standard InChI is InChI=1S/C16H12F6N2O3S/c1-2-27-12(25)6-11-7-28-14(23-11)24-13(26)8-3-9(15(17,18)19)5-10(4-8)16(20,21)22/h3-5,7H,2,6H2,1H3,(H,23,24,26). The minimum atomic E-state index is -5.07. The molecule has 2 rings (SSSR count). The van der Waals surface area contributed by atoms with Crippen molar-refractivity contribution in [1.29, 1.82) is 0 Å². The Kier molecular flexibility index (Phi) is 6.32. The van der Waals surface area contributed by atoms with E-state index in [2.05, 4.69) is 10.3 Å². The third kappa shape index (κ3) is 5.68.